The number of para-hydroxylation sites is 1. The third kappa shape index (κ3) is 5.70. The largest absolute Gasteiger partial charge is 1.00 e. The Labute approximate surface area is 150 Å². The average molecular weight is 379 g/mol. The zero-order valence-corrected chi connectivity index (χ0v) is 15.8. The Morgan fingerprint density at radius 2 is 1.96 bits per heavy atom. The summed E-state index contributed by atoms with van der Waals surface area (Å²) in [5, 5.41) is 9.74. The van der Waals surface area contributed by atoms with E-state index >= 15 is 0 Å². The lowest BCUT2D eigenvalue weighted by Crippen LogP contribution is -3.00. The van der Waals surface area contributed by atoms with Gasteiger partial charge in [-0.1, -0.05) is 6.07 Å². The lowest BCUT2D eigenvalue weighted by Gasteiger charge is -2.41. The second-order valence-electron chi connectivity index (χ2n) is 6.61. The summed E-state index contributed by atoms with van der Waals surface area (Å²) >= 11 is 0. The Kier molecular flexibility index (Phi) is 7.15. The summed E-state index contributed by atoms with van der Waals surface area (Å²) in [4.78, 5) is 2.29. The molecule has 9 heteroatoms. The minimum Gasteiger partial charge on any atom is -1.00 e. The Morgan fingerprint density at radius 3 is 2.54 bits per heavy atom. The molecule has 0 amide bonds. The van der Waals surface area contributed by atoms with Gasteiger partial charge in [-0.05, 0) is 19.2 Å². The molecule has 2 rings (SSSR count). The molecule has 0 aliphatic carbocycles. The third-order valence-electron chi connectivity index (χ3n) is 4.49. The van der Waals surface area contributed by atoms with Crippen LogP contribution in [0.25, 0.3) is 0 Å². The summed E-state index contributed by atoms with van der Waals surface area (Å²) in [5.41, 5.74) is 5.99. The SMILES string of the molecule is CN1CC[N+](C)(CCCS(=O)(=O)Nc2c(N)cccc2O)CC1.[Cl-]. The van der Waals surface area contributed by atoms with Crippen LogP contribution in [0.4, 0.5) is 11.4 Å². The number of quaternary nitrogens is 1. The number of likely N-dealkylation sites (N-methyl/N-ethyl adjacent to an activating group) is 2. The molecule has 1 fully saturated rings. The number of nitrogens with two attached hydrogens (primary N) is 1. The van der Waals surface area contributed by atoms with E-state index in [0.717, 1.165) is 37.2 Å². The van der Waals surface area contributed by atoms with Crippen molar-refractivity contribution < 1.29 is 30.4 Å². The van der Waals surface area contributed by atoms with Gasteiger partial charge in [0.1, 0.15) is 11.4 Å². The third-order valence-corrected chi connectivity index (χ3v) is 5.83. The van der Waals surface area contributed by atoms with E-state index in [1.807, 2.05) is 0 Å². The van der Waals surface area contributed by atoms with Gasteiger partial charge in [-0.3, -0.25) is 9.62 Å². The second-order valence-corrected chi connectivity index (χ2v) is 8.45. The normalized spacial score (nSPS) is 17.9. The lowest BCUT2D eigenvalue weighted by molar-refractivity contribution is -0.913. The van der Waals surface area contributed by atoms with E-state index in [2.05, 4.69) is 23.7 Å². The van der Waals surface area contributed by atoms with E-state index in [1.165, 1.54) is 6.07 Å². The van der Waals surface area contributed by atoms with E-state index in [0.29, 0.717) is 6.42 Å². The number of halogens is 1. The smallest absolute Gasteiger partial charge is 0.233 e. The fourth-order valence-corrected chi connectivity index (χ4v) is 3.93. The number of sulfonamides is 1. The number of hydrogen-bond donors (Lipinski definition) is 3. The number of piperazine rings is 1. The van der Waals surface area contributed by atoms with Gasteiger partial charge in [-0.15, -0.1) is 0 Å². The summed E-state index contributed by atoms with van der Waals surface area (Å²) in [6, 6.07) is 4.53. The second kappa shape index (κ2) is 8.24. The molecule has 24 heavy (non-hydrogen) atoms. The molecule has 138 valence electrons. The number of hydrogen-bond acceptors (Lipinski definition) is 5. The minimum absolute atomic E-state index is 0. The number of aromatic hydroxyl groups is 1. The topological polar surface area (TPSA) is 95.7 Å². The quantitative estimate of drug-likeness (QED) is 0.289. The van der Waals surface area contributed by atoms with Crippen molar-refractivity contribution >= 4 is 21.4 Å². The highest BCUT2D eigenvalue weighted by Crippen LogP contribution is 2.30. The number of anilines is 2. The molecule has 1 saturated heterocycles. The van der Waals surface area contributed by atoms with Crippen molar-refractivity contribution in [2.24, 2.45) is 0 Å². The number of benzene rings is 1. The molecular weight excluding hydrogens is 352 g/mol. The van der Waals surface area contributed by atoms with Crippen LogP contribution in [0, 0.1) is 0 Å². The predicted molar refractivity (Wildman–Crippen MR) is 92.8 cm³/mol. The highest BCUT2D eigenvalue weighted by molar-refractivity contribution is 7.92. The van der Waals surface area contributed by atoms with Crippen LogP contribution < -0.4 is 22.9 Å². The van der Waals surface area contributed by atoms with Crippen molar-refractivity contribution in [2.45, 2.75) is 6.42 Å². The molecule has 0 bridgehead atoms. The molecule has 7 nitrogen and oxygen atoms in total. The van der Waals surface area contributed by atoms with Crippen LogP contribution in [0.2, 0.25) is 0 Å². The number of nitrogens with one attached hydrogen (secondary N) is 1. The first-order valence-electron chi connectivity index (χ1n) is 7.81. The monoisotopic (exact) mass is 378 g/mol. The average Bonchev–Trinajstić information content (AvgIpc) is 2.46. The molecule has 1 aliphatic rings. The van der Waals surface area contributed by atoms with Crippen molar-refractivity contribution in [1.29, 1.82) is 0 Å². The maximum absolute atomic E-state index is 12.2. The van der Waals surface area contributed by atoms with E-state index in [1.54, 1.807) is 12.1 Å². The van der Waals surface area contributed by atoms with Crippen molar-refractivity contribution in [1.82, 2.24) is 4.90 Å². The first kappa shape index (κ1) is 20.8. The lowest BCUT2D eigenvalue weighted by atomic mass is 10.2. The minimum atomic E-state index is -3.53. The fourth-order valence-electron chi connectivity index (χ4n) is 2.78. The molecule has 0 aromatic heterocycles. The van der Waals surface area contributed by atoms with Gasteiger partial charge in [0.15, 0.2) is 0 Å². The molecule has 0 saturated carbocycles. The number of rotatable bonds is 6. The van der Waals surface area contributed by atoms with Crippen LogP contribution in [0.15, 0.2) is 18.2 Å². The molecule has 1 heterocycles. The van der Waals surface area contributed by atoms with E-state index in [4.69, 9.17) is 5.73 Å². The summed E-state index contributed by atoms with van der Waals surface area (Å²) < 4.78 is 27.7. The Morgan fingerprint density at radius 1 is 1.33 bits per heavy atom. The van der Waals surface area contributed by atoms with Gasteiger partial charge in [0.25, 0.3) is 0 Å². The summed E-state index contributed by atoms with van der Waals surface area (Å²) in [7, 11) is 0.752. The van der Waals surface area contributed by atoms with Gasteiger partial charge in [0.2, 0.25) is 10.0 Å². The molecular formula is C15H27ClN4O3S. The number of nitrogen functional groups attached to an aromatic ring is 1. The standard InChI is InChI=1S/C15H26N4O3S.ClH/c1-18-7-10-19(2,11-8-18)9-4-12-23(21,22)17-15-13(16)5-3-6-14(15)20;/h3,5-6,17H,4,7-12,16H2,1-2H3;1H. The molecule has 1 aromatic carbocycles. The van der Waals surface area contributed by atoms with Crippen molar-refractivity contribution in [2.75, 3.05) is 63.0 Å². The van der Waals surface area contributed by atoms with Gasteiger partial charge in [-0.2, -0.15) is 0 Å². The van der Waals surface area contributed by atoms with Crippen LogP contribution >= 0.6 is 0 Å². The number of phenolic OH excluding ortho intramolecular Hbond substituents is 1. The molecule has 1 aromatic rings. The van der Waals surface area contributed by atoms with Crippen LogP contribution in [-0.4, -0.2) is 75.5 Å². The summed E-state index contributed by atoms with van der Waals surface area (Å²) in [6.45, 7) is 4.98. The molecule has 1 aliphatic heterocycles. The molecule has 0 unspecified atom stereocenters. The van der Waals surface area contributed by atoms with Crippen molar-refractivity contribution in [3.8, 4) is 5.75 Å². The zero-order valence-electron chi connectivity index (χ0n) is 14.2. The van der Waals surface area contributed by atoms with E-state index < -0.39 is 10.0 Å². The molecule has 0 radical (unpaired) electrons. The number of nitrogens with zero attached hydrogens (tertiary/aromatic N) is 2. The van der Waals surface area contributed by atoms with Crippen molar-refractivity contribution in [3.63, 3.8) is 0 Å². The van der Waals surface area contributed by atoms with Crippen LogP contribution in [0.3, 0.4) is 0 Å². The van der Waals surface area contributed by atoms with Crippen LogP contribution in [0.5, 0.6) is 5.75 Å². The van der Waals surface area contributed by atoms with Crippen LogP contribution in [0.1, 0.15) is 6.42 Å². The fraction of sp³-hybridized carbons (Fsp3) is 0.600. The van der Waals surface area contributed by atoms with Gasteiger partial charge < -0.3 is 27.7 Å². The van der Waals surface area contributed by atoms with Gasteiger partial charge in [0, 0.05) is 19.5 Å². The van der Waals surface area contributed by atoms with Gasteiger partial charge in [0.05, 0.1) is 38.1 Å². The van der Waals surface area contributed by atoms with Gasteiger partial charge in [-0.25, -0.2) is 8.42 Å². The van der Waals surface area contributed by atoms with E-state index in [-0.39, 0.29) is 35.3 Å². The predicted octanol–water partition coefficient (Wildman–Crippen LogP) is -2.50. The summed E-state index contributed by atoms with van der Waals surface area (Å²) in [6.07, 6.45) is 0.572. The van der Waals surface area contributed by atoms with Crippen LogP contribution in [-0.2, 0) is 10.0 Å². The Balaban J connectivity index is 0.00000288. The maximum Gasteiger partial charge on any atom is 0.233 e. The molecule has 0 atom stereocenters. The first-order valence-corrected chi connectivity index (χ1v) is 9.46. The molecule has 4 N–H and O–H groups in total. The van der Waals surface area contributed by atoms with E-state index in [9.17, 15) is 13.5 Å². The van der Waals surface area contributed by atoms with Crippen molar-refractivity contribution in [3.05, 3.63) is 18.2 Å². The maximum atomic E-state index is 12.2. The summed E-state index contributed by atoms with van der Waals surface area (Å²) in [5.74, 6) is -0.142. The first-order chi connectivity index (χ1) is 10.7. The molecule has 0 spiro atoms. The number of phenols is 1. The highest BCUT2D eigenvalue weighted by Gasteiger charge is 2.27. The highest BCUT2D eigenvalue weighted by atomic mass is 35.5. The van der Waals surface area contributed by atoms with Gasteiger partial charge >= 0.3 is 0 Å². The zero-order chi connectivity index (χ0) is 17.1. The Hall–Kier alpha value is -1.22. The Bertz CT molecular complexity index is 626.